The summed E-state index contributed by atoms with van der Waals surface area (Å²) >= 11 is 24.5. The van der Waals surface area contributed by atoms with Crippen LogP contribution in [-0.2, 0) is 4.79 Å². The Morgan fingerprint density at radius 2 is 1.79 bits per heavy atom. The quantitative estimate of drug-likeness (QED) is 0.416. The van der Waals surface area contributed by atoms with Crippen LogP contribution in [0.15, 0.2) is 65.7 Å². The molecule has 1 aliphatic heterocycles. The summed E-state index contributed by atoms with van der Waals surface area (Å²) in [6.07, 6.45) is -1.02. The molecular weight excluding hydrogens is 515 g/mol. The van der Waals surface area contributed by atoms with Gasteiger partial charge in [-0.2, -0.15) is 0 Å². The minimum Gasteiger partial charge on any atom is -0.495 e. The van der Waals surface area contributed by atoms with Gasteiger partial charge in [0.15, 0.2) is 5.11 Å². The molecule has 0 saturated carbocycles. The number of aliphatic imine (C=N–C) groups is 1. The lowest BCUT2D eigenvalue weighted by Gasteiger charge is -2.22. The van der Waals surface area contributed by atoms with Gasteiger partial charge in [0.25, 0.3) is 5.91 Å². The van der Waals surface area contributed by atoms with Gasteiger partial charge in [0.05, 0.1) is 23.5 Å². The molecule has 0 aromatic heterocycles. The van der Waals surface area contributed by atoms with Crippen LogP contribution in [0.4, 0.5) is 11.4 Å². The highest BCUT2D eigenvalue weighted by molar-refractivity contribution is 7.80. The van der Waals surface area contributed by atoms with E-state index in [1.165, 1.54) is 12.0 Å². The van der Waals surface area contributed by atoms with E-state index >= 15 is 0 Å². The first-order valence-corrected chi connectivity index (χ1v) is 11.6. The Bertz CT molecular complexity index is 1320. The van der Waals surface area contributed by atoms with Crippen molar-refractivity contribution in [2.45, 2.75) is 6.17 Å². The van der Waals surface area contributed by atoms with Crippen molar-refractivity contribution in [3.63, 3.8) is 0 Å². The molecule has 1 aliphatic rings. The number of halogens is 3. The number of nitrogens with zero attached hydrogens (tertiary/aromatic N) is 2. The number of anilines is 2. The van der Waals surface area contributed by atoms with Gasteiger partial charge in [-0.25, -0.2) is 4.99 Å². The molecule has 0 aliphatic carbocycles. The van der Waals surface area contributed by atoms with Crippen molar-refractivity contribution in [3.05, 3.63) is 86.9 Å². The molecule has 1 heterocycles. The first kappa shape index (κ1) is 24.3. The van der Waals surface area contributed by atoms with Gasteiger partial charge in [0, 0.05) is 33.9 Å². The maximum atomic E-state index is 13.3. The molecule has 0 radical (unpaired) electrons. The van der Waals surface area contributed by atoms with Crippen molar-refractivity contribution < 1.29 is 9.53 Å². The number of amides is 1. The van der Waals surface area contributed by atoms with Crippen molar-refractivity contribution >= 4 is 75.1 Å². The second kappa shape index (κ2) is 10.2. The molecule has 0 spiro atoms. The zero-order valence-corrected chi connectivity index (χ0v) is 21.2. The van der Waals surface area contributed by atoms with Gasteiger partial charge < -0.3 is 20.3 Å². The summed E-state index contributed by atoms with van der Waals surface area (Å²) in [7, 11) is 3.21. The van der Waals surface area contributed by atoms with E-state index in [1.807, 2.05) is 18.2 Å². The predicted octanol–water partition coefficient (Wildman–Crippen LogP) is 5.78. The molecule has 0 bridgehead atoms. The SMILES string of the molecule is COc1ccc(NC(=S)NC2N=C(c3ccccc3Cl)c3cc(Cl)ccc3N(C)C2=O)cc1Cl. The number of carbonyl (C=O) groups is 1. The van der Waals surface area contributed by atoms with E-state index in [2.05, 4.69) is 10.6 Å². The average Bonchev–Trinajstić information content (AvgIpc) is 2.90. The smallest absolute Gasteiger partial charge is 0.272 e. The Balaban J connectivity index is 1.71. The van der Waals surface area contributed by atoms with Gasteiger partial charge >= 0.3 is 0 Å². The molecule has 6 nitrogen and oxygen atoms in total. The summed E-state index contributed by atoms with van der Waals surface area (Å²) in [4.78, 5) is 19.6. The molecule has 1 atom stereocenters. The zero-order chi connectivity index (χ0) is 24.4. The number of ether oxygens (including phenoxy) is 1. The molecule has 3 aromatic rings. The Kier molecular flexibility index (Phi) is 7.28. The number of hydrogen-bond acceptors (Lipinski definition) is 4. The first-order chi connectivity index (χ1) is 16.3. The minimum atomic E-state index is -1.02. The van der Waals surface area contributed by atoms with Crippen molar-refractivity contribution in [2.24, 2.45) is 4.99 Å². The largest absolute Gasteiger partial charge is 0.495 e. The monoisotopic (exact) mass is 532 g/mol. The summed E-state index contributed by atoms with van der Waals surface area (Å²) in [5, 5.41) is 7.65. The molecule has 1 unspecified atom stereocenters. The lowest BCUT2D eigenvalue weighted by Crippen LogP contribution is -2.47. The fourth-order valence-corrected chi connectivity index (χ4v) is 4.43. The predicted molar refractivity (Wildman–Crippen MR) is 143 cm³/mol. The van der Waals surface area contributed by atoms with E-state index in [-0.39, 0.29) is 11.0 Å². The number of fused-ring (bicyclic) bond motifs is 1. The minimum absolute atomic E-state index is 0.194. The second-order valence-corrected chi connectivity index (χ2v) is 9.03. The Labute approximate surface area is 217 Å². The molecule has 4 rings (SSSR count). The summed E-state index contributed by atoms with van der Waals surface area (Å²) < 4.78 is 5.17. The molecule has 34 heavy (non-hydrogen) atoms. The third-order valence-corrected chi connectivity index (χ3v) is 6.28. The van der Waals surface area contributed by atoms with Crippen LogP contribution in [0, 0.1) is 0 Å². The molecule has 174 valence electrons. The standard InChI is InChI=1S/C24H19Cl3N4O2S/c1-31-19-9-7-13(25)11-16(19)21(15-5-3-4-6-17(15)26)29-22(23(31)32)30-24(34)28-14-8-10-20(33-2)18(27)12-14/h3-12,22H,1-2H3,(H2,28,30,34). The lowest BCUT2D eigenvalue weighted by molar-refractivity contribution is -0.119. The Morgan fingerprint density at radius 3 is 2.50 bits per heavy atom. The summed E-state index contributed by atoms with van der Waals surface area (Å²) in [6.45, 7) is 0. The van der Waals surface area contributed by atoms with E-state index in [0.29, 0.717) is 49.0 Å². The molecule has 1 amide bonds. The average molecular weight is 534 g/mol. The molecule has 2 N–H and O–H groups in total. The highest BCUT2D eigenvalue weighted by Crippen LogP contribution is 2.32. The molecule has 0 saturated heterocycles. The van der Waals surface area contributed by atoms with Gasteiger partial charge in [-0.05, 0) is 54.7 Å². The molecular formula is C24H19Cl3N4O2S. The summed E-state index contributed by atoms with van der Waals surface area (Å²) in [5.41, 5.74) is 3.15. The van der Waals surface area contributed by atoms with Crippen LogP contribution >= 0.6 is 47.0 Å². The highest BCUT2D eigenvalue weighted by atomic mass is 35.5. The van der Waals surface area contributed by atoms with Crippen LogP contribution in [0.2, 0.25) is 15.1 Å². The van der Waals surface area contributed by atoms with Gasteiger partial charge in [-0.15, -0.1) is 0 Å². The first-order valence-electron chi connectivity index (χ1n) is 10.1. The third-order valence-electron chi connectivity index (χ3n) is 5.20. The summed E-state index contributed by atoms with van der Waals surface area (Å²) in [5.74, 6) is 0.236. The Hall–Kier alpha value is -2.84. The maximum absolute atomic E-state index is 13.3. The van der Waals surface area contributed by atoms with Gasteiger partial charge in [-0.1, -0.05) is 53.0 Å². The fraction of sp³-hybridized carbons (Fsp3) is 0.125. The van der Waals surface area contributed by atoms with Crippen LogP contribution in [0.25, 0.3) is 0 Å². The maximum Gasteiger partial charge on any atom is 0.272 e. The number of benzene rings is 3. The normalized spacial score (nSPS) is 15.2. The van der Waals surface area contributed by atoms with Gasteiger partial charge in [-0.3, -0.25) is 4.79 Å². The third kappa shape index (κ3) is 4.98. The number of carbonyl (C=O) groups excluding carboxylic acids is 1. The lowest BCUT2D eigenvalue weighted by atomic mass is 10.00. The van der Waals surface area contributed by atoms with Gasteiger partial charge in [0.2, 0.25) is 6.17 Å². The van der Waals surface area contributed by atoms with Crippen LogP contribution in [0.5, 0.6) is 5.75 Å². The molecule has 0 fully saturated rings. The van der Waals surface area contributed by atoms with Crippen molar-refractivity contribution in [2.75, 3.05) is 24.4 Å². The van der Waals surface area contributed by atoms with E-state index in [4.69, 9.17) is 56.7 Å². The van der Waals surface area contributed by atoms with Crippen LogP contribution in [-0.4, -0.2) is 37.1 Å². The number of benzodiazepines with no additional fused rings is 1. The van der Waals surface area contributed by atoms with E-state index in [9.17, 15) is 4.79 Å². The molecule has 3 aromatic carbocycles. The fourth-order valence-electron chi connectivity index (χ4n) is 3.54. The van der Waals surface area contributed by atoms with E-state index in [1.54, 1.807) is 49.5 Å². The summed E-state index contributed by atoms with van der Waals surface area (Å²) in [6, 6.07) is 17.7. The van der Waals surface area contributed by atoms with Crippen molar-refractivity contribution in [1.82, 2.24) is 5.32 Å². The zero-order valence-electron chi connectivity index (χ0n) is 18.1. The van der Waals surface area contributed by atoms with Crippen molar-refractivity contribution in [3.8, 4) is 5.75 Å². The van der Waals surface area contributed by atoms with Crippen molar-refractivity contribution in [1.29, 1.82) is 0 Å². The number of nitrogens with one attached hydrogen (secondary N) is 2. The number of thiocarbonyl (C=S) groups is 1. The van der Waals surface area contributed by atoms with Crippen LogP contribution < -0.4 is 20.3 Å². The topological polar surface area (TPSA) is 66.0 Å². The van der Waals surface area contributed by atoms with E-state index < -0.39 is 6.17 Å². The number of hydrogen-bond donors (Lipinski definition) is 2. The Morgan fingerprint density at radius 1 is 1.03 bits per heavy atom. The van der Waals surface area contributed by atoms with E-state index in [0.717, 1.165) is 0 Å². The number of methoxy groups -OCH3 is 1. The number of rotatable bonds is 4. The van der Waals surface area contributed by atoms with Gasteiger partial charge in [0.1, 0.15) is 5.75 Å². The highest BCUT2D eigenvalue weighted by Gasteiger charge is 2.31. The van der Waals surface area contributed by atoms with Crippen LogP contribution in [0.1, 0.15) is 11.1 Å². The number of likely N-dealkylation sites (N-methyl/N-ethyl adjacent to an activating group) is 1. The second-order valence-electron chi connectivity index (χ2n) is 7.37. The molecule has 10 heteroatoms. The van der Waals surface area contributed by atoms with Crippen LogP contribution in [0.3, 0.4) is 0 Å².